The Hall–Kier alpha value is -2.04. The molecule has 1 aromatic carbocycles. The Labute approximate surface area is 112 Å². The quantitative estimate of drug-likeness (QED) is 0.820. The first kappa shape index (κ1) is 15.0. The molecule has 0 unspecified atom stereocenters. The van der Waals surface area contributed by atoms with Crippen molar-refractivity contribution in [1.29, 1.82) is 0 Å². The van der Waals surface area contributed by atoms with Crippen LogP contribution in [0.2, 0.25) is 0 Å². The van der Waals surface area contributed by atoms with Crippen LogP contribution in [0.4, 0.5) is 0 Å². The fraction of sp³-hybridized carbons (Fsp3) is 0.429. The van der Waals surface area contributed by atoms with Gasteiger partial charge in [-0.15, -0.1) is 0 Å². The molecule has 0 bridgehead atoms. The number of carbonyl (C=O) groups excluding carboxylic acids is 1. The highest BCUT2D eigenvalue weighted by atomic mass is 16.5. The molecule has 0 saturated heterocycles. The molecule has 5 heteroatoms. The molecular formula is C14H19NO4. The zero-order valence-corrected chi connectivity index (χ0v) is 11.4. The maximum absolute atomic E-state index is 11.6. The average molecular weight is 265 g/mol. The van der Waals surface area contributed by atoms with Gasteiger partial charge in [0.2, 0.25) is 0 Å². The van der Waals surface area contributed by atoms with Crippen LogP contribution in [-0.4, -0.2) is 29.6 Å². The Morgan fingerprint density at radius 2 is 1.89 bits per heavy atom. The maximum atomic E-state index is 11.6. The van der Waals surface area contributed by atoms with Crippen molar-refractivity contribution in [3.8, 4) is 5.75 Å². The molecular weight excluding hydrogens is 246 g/mol. The second kappa shape index (κ2) is 6.78. The lowest BCUT2D eigenvalue weighted by Crippen LogP contribution is -2.42. The van der Waals surface area contributed by atoms with Crippen molar-refractivity contribution in [2.75, 3.05) is 6.61 Å². The van der Waals surface area contributed by atoms with E-state index >= 15 is 0 Å². The van der Waals surface area contributed by atoms with Crippen LogP contribution >= 0.6 is 0 Å². The van der Waals surface area contributed by atoms with E-state index in [1.807, 2.05) is 32.0 Å². The van der Waals surface area contributed by atoms with Gasteiger partial charge in [0.15, 0.2) is 6.61 Å². The molecule has 104 valence electrons. The highest BCUT2D eigenvalue weighted by Crippen LogP contribution is 2.21. The van der Waals surface area contributed by atoms with Gasteiger partial charge in [-0.25, -0.2) is 4.79 Å². The van der Waals surface area contributed by atoms with Crippen LogP contribution in [0.15, 0.2) is 18.2 Å². The SMILES string of the molecule is CC[C@@H](NC(=O)COc1c(C)cccc1C)C(=O)O. The van der Waals surface area contributed by atoms with E-state index in [0.29, 0.717) is 12.2 Å². The fourth-order valence-corrected chi connectivity index (χ4v) is 1.74. The molecule has 19 heavy (non-hydrogen) atoms. The minimum Gasteiger partial charge on any atom is -0.483 e. The third-order valence-electron chi connectivity index (χ3n) is 2.80. The summed E-state index contributed by atoms with van der Waals surface area (Å²) in [7, 11) is 0. The zero-order chi connectivity index (χ0) is 14.4. The molecule has 0 fully saturated rings. The molecule has 0 aromatic heterocycles. The number of rotatable bonds is 6. The van der Waals surface area contributed by atoms with Gasteiger partial charge in [-0.3, -0.25) is 4.79 Å². The van der Waals surface area contributed by atoms with Gasteiger partial charge < -0.3 is 15.2 Å². The summed E-state index contributed by atoms with van der Waals surface area (Å²) in [5.41, 5.74) is 1.89. The normalized spacial score (nSPS) is 11.7. The summed E-state index contributed by atoms with van der Waals surface area (Å²) in [5.74, 6) is -0.805. The van der Waals surface area contributed by atoms with E-state index in [1.54, 1.807) is 6.92 Å². The maximum Gasteiger partial charge on any atom is 0.326 e. The highest BCUT2D eigenvalue weighted by molar-refractivity contribution is 5.84. The third-order valence-corrected chi connectivity index (χ3v) is 2.80. The summed E-state index contributed by atoms with van der Waals surface area (Å²) in [6.07, 6.45) is 0.338. The van der Waals surface area contributed by atoms with Crippen molar-refractivity contribution >= 4 is 11.9 Å². The molecule has 1 aromatic rings. The van der Waals surface area contributed by atoms with Gasteiger partial charge in [0.1, 0.15) is 11.8 Å². The molecule has 1 rings (SSSR count). The monoisotopic (exact) mass is 265 g/mol. The van der Waals surface area contributed by atoms with Gasteiger partial charge in [0.25, 0.3) is 5.91 Å². The second-order valence-corrected chi connectivity index (χ2v) is 4.38. The number of benzene rings is 1. The molecule has 0 radical (unpaired) electrons. The van der Waals surface area contributed by atoms with Crippen LogP contribution < -0.4 is 10.1 Å². The summed E-state index contributed by atoms with van der Waals surface area (Å²) < 4.78 is 5.45. The topological polar surface area (TPSA) is 75.6 Å². The average Bonchev–Trinajstić information content (AvgIpc) is 2.35. The van der Waals surface area contributed by atoms with Crippen LogP contribution in [0.25, 0.3) is 0 Å². The molecule has 0 spiro atoms. The minimum atomic E-state index is -1.04. The Kier molecular flexibility index (Phi) is 5.36. The number of ether oxygens (including phenoxy) is 1. The van der Waals surface area contributed by atoms with E-state index in [2.05, 4.69) is 5.32 Å². The number of para-hydroxylation sites is 1. The third kappa shape index (κ3) is 4.28. The Morgan fingerprint density at radius 1 is 1.32 bits per heavy atom. The van der Waals surface area contributed by atoms with E-state index in [1.165, 1.54) is 0 Å². The molecule has 2 N–H and O–H groups in total. The number of amides is 1. The van der Waals surface area contributed by atoms with E-state index in [-0.39, 0.29) is 6.61 Å². The van der Waals surface area contributed by atoms with Crippen LogP contribution in [0.5, 0.6) is 5.75 Å². The lowest BCUT2D eigenvalue weighted by atomic mass is 10.1. The van der Waals surface area contributed by atoms with Crippen molar-refractivity contribution < 1.29 is 19.4 Å². The van der Waals surface area contributed by atoms with Gasteiger partial charge in [0.05, 0.1) is 0 Å². The number of carboxylic acid groups (broad SMARTS) is 1. The van der Waals surface area contributed by atoms with E-state index in [0.717, 1.165) is 11.1 Å². The molecule has 0 heterocycles. The summed E-state index contributed by atoms with van der Waals surface area (Å²) in [5, 5.41) is 11.3. The minimum absolute atomic E-state index is 0.185. The lowest BCUT2D eigenvalue weighted by Gasteiger charge is -2.14. The zero-order valence-electron chi connectivity index (χ0n) is 11.4. The van der Waals surface area contributed by atoms with Gasteiger partial charge >= 0.3 is 5.97 Å². The molecule has 0 aliphatic rings. The summed E-state index contributed by atoms with van der Waals surface area (Å²) in [6.45, 7) is 5.31. The number of carbonyl (C=O) groups is 2. The van der Waals surface area contributed by atoms with Gasteiger partial charge in [-0.2, -0.15) is 0 Å². The second-order valence-electron chi connectivity index (χ2n) is 4.38. The Morgan fingerprint density at radius 3 is 2.37 bits per heavy atom. The summed E-state index contributed by atoms with van der Waals surface area (Å²) in [6, 6.07) is 4.84. The molecule has 5 nitrogen and oxygen atoms in total. The molecule has 0 aliphatic heterocycles. The first-order chi connectivity index (χ1) is 8.95. The molecule has 1 atom stereocenters. The van der Waals surface area contributed by atoms with Crippen LogP contribution in [0, 0.1) is 13.8 Å². The van der Waals surface area contributed by atoms with Crippen molar-refractivity contribution in [2.45, 2.75) is 33.2 Å². The van der Waals surface area contributed by atoms with Crippen LogP contribution in [-0.2, 0) is 9.59 Å². The van der Waals surface area contributed by atoms with E-state index in [4.69, 9.17) is 9.84 Å². The number of aliphatic carboxylic acids is 1. The fourth-order valence-electron chi connectivity index (χ4n) is 1.74. The van der Waals surface area contributed by atoms with Crippen molar-refractivity contribution in [1.82, 2.24) is 5.32 Å². The van der Waals surface area contributed by atoms with Crippen molar-refractivity contribution in [2.24, 2.45) is 0 Å². The van der Waals surface area contributed by atoms with E-state index in [9.17, 15) is 9.59 Å². The van der Waals surface area contributed by atoms with Crippen molar-refractivity contribution in [3.05, 3.63) is 29.3 Å². The Bertz CT molecular complexity index is 450. The largest absolute Gasteiger partial charge is 0.483 e. The number of hydrogen-bond acceptors (Lipinski definition) is 3. The number of aryl methyl sites for hydroxylation is 2. The summed E-state index contributed by atoms with van der Waals surface area (Å²) >= 11 is 0. The predicted octanol–water partition coefficient (Wildman–Crippen LogP) is 1.66. The summed E-state index contributed by atoms with van der Waals surface area (Å²) in [4.78, 5) is 22.4. The first-order valence-electron chi connectivity index (χ1n) is 6.16. The first-order valence-corrected chi connectivity index (χ1v) is 6.16. The van der Waals surface area contributed by atoms with Gasteiger partial charge in [-0.1, -0.05) is 25.1 Å². The predicted molar refractivity (Wildman–Crippen MR) is 71.3 cm³/mol. The number of nitrogens with one attached hydrogen (secondary N) is 1. The highest BCUT2D eigenvalue weighted by Gasteiger charge is 2.17. The molecule has 1 amide bonds. The van der Waals surface area contributed by atoms with Gasteiger partial charge in [0, 0.05) is 0 Å². The standard InChI is InChI=1S/C14H19NO4/c1-4-11(14(17)18)15-12(16)8-19-13-9(2)6-5-7-10(13)3/h5-7,11H,4,8H2,1-3H3,(H,15,16)(H,17,18)/t11-/m1/s1. The number of carboxylic acids is 1. The van der Waals surface area contributed by atoms with E-state index < -0.39 is 17.9 Å². The van der Waals surface area contributed by atoms with Gasteiger partial charge in [-0.05, 0) is 31.4 Å². The Balaban J connectivity index is 2.57. The molecule has 0 saturated carbocycles. The van der Waals surface area contributed by atoms with Crippen LogP contribution in [0.3, 0.4) is 0 Å². The molecule has 0 aliphatic carbocycles. The van der Waals surface area contributed by atoms with Crippen LogP contribution in [0.1, 0.15) is 24.5 Å². The van der Waals surface area contributed by atoms with Crippen molar-refractivity contribution in [3.63, 3.8) is 0 Å². The number of hydrogen-bond donors (Lipinski definition) is 2. The lowest BCUT2D eigenvalue weighted by molar-refractivity contribution is -0.142. The smallest absolute Gasteiger partial charge is 0.326 e.